The molecular weight excluding hydrogens is 198 g/mol. The van der Waals surface area contributed by atoms with Crippen LogP contribution in [0.25, 0.3) is 0 Å². The minimum Gasteiger partial charge on any atom is -0.287 e. The summed E-state index contributed by atoms with van der Waals surface area (Å²) in [5.41, 5.74) is 2.32. The summed E-state index contributed by atoms with van der Waals surface area (Å²) in [4.78, 5) is 16.2. The largest absolute Gasteiger partial charge is 0.287 e. The lowest BCUT2D eigenvalue weighted by atomic mass is 10.00. The molecule has 0 saturated heterocycles. The lowest BCUT2D eigenvalue weighted by Crippen LogP contribution is -2.06. The van der Waals surface area contributed by atoms with Crippen LogP contribution in [0.15, 0.2) is 48.7 Å². The zero-order chi connectivity index (χ0) is 11.4. The van der Waals surface area contributed by atoms with E-state index in [1.165, 1.54) is 0 Å². The van der Waals surface area contributed by atoms with Crippen LogP contribution in [0.4, 0.5) is 0 Å². The average molecular weight is 211 g/mol. The van der Waals surface area contributed by atoms with Crippen molar-refractivity contribution in [1.82, 2.24) is 4.98 Å². The van der Waals surface area contributed by atoms with Gasteiger partial charge in [0.05, 0.1) is 0 Å². The van der Waals surface area contributed by atoms with Crippen molar-refractivity contribution in [1.29, 1.82) is 0 Å². The number of ketones is 1. The highest BCUT2D eigenvalue weighted by atomic mass is 16.1. The van der Waals surface area contributed by atoms with Crippen LogP contribution in [0.3, 0.4) is 0 Å². The SMILES string of the molecule is CCc1ccccc1C(=O)c1ccccn1. The molecule has 0 aliphatic heterocycles. The van der Waals surface area contributed by atoms with E-state index in [0.717, 1.165) is 17.5 Å². The third-order valence-electron chi connectivity index (χ3n) is 2.54. The van der Waals surface area contributed by atoms with Crippen molar-refractivity contribution in [2.45, 2.75) is 13.3 Å². The van der Waals surface area contributed by atoms with Crippen molar-refractivity contribution in [2.75, 3.05) is 0 Å². The van der Waals surface area contributed by atoms with Gasteiger partial charge < -0.3 is 0 Å². The molecule has 2 rings (SSSR count). The van der Waals surface area contributed by atoms with Gasteiger partial charge in [0.25, 0.3) is 0 Å². The minimum absolute atomic E-state index is 0.00181. The first-order chi connectivity index (χ1) is 7.83. The summed E-state index contributed by atoms with van der Waals surface area (Å²) >= 11 is 0. The number of rotatable bonds is 3. The molecule has 2 heteroatoms. The van der Waals surface area contributed by atoms with E-state index in [9.17, 15) is 4.79 Å². The average Bonchev–Trinajstić information content (AvgIpc) is 2.39. The maximum atomic E-state index is 12.2. The molecule has 0 N–H and O–H groups in total. The van der Waals surface area contributed by atoms with Gasteiger partial charge in [0.2, 0.25) is 5.78 Å². The highest BCUT2D eigenvalue weighted by Gasteiger charge is 2.12. The predicted molar refractivity (Wildman–Crippen MR) is 63.5 cm³/mol. The van der Waals surface area contributed by atoms with Crippen molar-refractivity contribution in [3.05, 3.63) is 65.5 Å². The molecule has 0 spiro atoms. The summed E-state index contributed by atoms with van der Waals surface area (Å²) in [6, 6.07) is 13.1. The zero-order valence-corrected chi connectivity index (χ0v) is 9.18. The van der Waals surface area contributed by atoms with Crippen LogP contribution in [0, 0.1) is 0 Å². The molecule has 2 aromatic rings. The maximum absolute atomic E-state index is 12.2. The molecule has 80 valence electrons. The molecule has 1 aromatic carbocycles. The number of aryl methyl sites for hydroxylation is 1. The van der Waals surface area contributed by atoms with E-state index in [1.54, 1.807) is 12.3 Å². The van der Waals surface area contributed by atoms with Crippen LogP contribution in [-0.4, -0.2) is 10.8 Å². The number of carbonyl (C=O) groups excluding carboxylic acids is 1. The van der Waals surface area contributed by atoms with Crippen LogP contribution in [0.2, 0.25) is 0 Å². The molecule has 0 unspecified atom stereocenters. The Kier molecular flexibility index (Phi) is 3.10. The standard InChI is InChI=1S/C14H13NO/c1-2-11-7-3-4-8-12(11)14(16)13-9-5-6-10-15-13/h3-10H,2H2,1H3. The van der Waals surface area contributed by atoms with E-state index in [0.29, 0.717) is 5.69 Å². The second-order valence-corrected chi connectivity index (χ2v) is 3.55. The number of hydrogen-bond acceptors (Lipinski definition) is 2. The van der Waals surface area contributed by atoms with Gasteiger partial charge in [0, 0.05) is 11.8 Å². The molecule has 2 nitrogen and oxygen atoms in total. The van der Waals surface area contributed by atoms with Crippen LogP contribution in [-0.2, 0) is 6.42 Å². The van der Waals surface area contributed by atoms with Crippen molar-refractivity contribution in [3.63, 3.8) is 0 Å². The number of aromatic nitrogens is 1. The van der Waals surface area contributed by atoms with E-state index < -0.39 is 0 Å². The van der Waals surface area contributed by atoms with Crippen molar-refractivity contribution >= 4 is 5.78 Å². The Balaban J connectivity index is 2.42. The second kappa shape index (κ2) is 4.71. The highest BCUT2D eigenvalue weighted by molar-refractivity contribution is 6.08. The highest BCUT2D eigenvalue weighted by Crippen LogP contribution is 2.13. The molecule has 0 aliphatic carbocycles. The van der Waals surface area contributed by atoms with Gasteiger partial charge in [-0.15, -0.1) is 0 Å². The van der Waals surface area contributed by atoms with Crippen LogP contribution in [0.5, 0.6) is 0 Å². The molecule has 0 amide bonds. The third kappa shape index (κ3) is 2.01. The quantitative estimate of drug-likeness (QED) is 0.731. The summed E-state index contributed by atoms with van der Waals surface area (Å²) < 4.78 is 0. The maximum Gasteiger partial charge on any atom is 0.211 e. The van der Waals surface area contributed by atoms with Crippen molar-refractivity contribution in [2.24, 2.45) is 0 Å². The lowest BCUT2D eigenvalue weighted by Gasteiger charge is -2.05. The Morgan fingerprint density at radius 1 is 1.12 bits per heavy atom. The second-order valence-electron chi connectivity index (χ2n) is 3.55. The Morgan fingerprint density at radius 2 is 1.88 bits per heavy atom. The molecule has 0 radical (unpaired) electrons. The fourth-order valence-corrected chi connectivity index (χ4v) is 1.69. The summed E-state index contributed by atoms with van der Waals surface area (Å²) in [7, 11) is 0. The number of carbonyl (C=O) groups is 1. The van der Waals surface area contributed by atoms with Gasteiger partial charge in [0.1, 0.15) is 5.69 Å². The first kappa shape index (κ1) is 10.6. The molecule has 0 fully saturated rings. The molecule has 0 aliphatic rings. The fraction of sp³-hybridized carbons (Fsp3) is 0.143. The van der Waals surface area contributed by atoms with Crippen molar-refractivity contribution in [3.8, 4) is 0 Å². The topological polar surface area (TPSA) is 30.0 Å². The molecule has 0 saturated carbocycles. The first-order valence-electron chi connectivity index (χ1n) is 5.36. The number of pyridine rings is 1. The smallest absolute Gasteiger partial charge is 0.211 e. The third-order valence-corrected chi connectivity index (χ3v) is 2.54. The number of benzene rings is 1. The fourth-order valence-electron chi connectivity index (χ4n) is 1.69. The van der Waals surface area contributed by atoms with E-state index in [4.69, 9.17) is 0 Å². The molecular formula is C14H13NO. The normalized spacial score (nSPS) is 10.1. The minimum atomic E-state index is -0.00181. The van der Waals surface area contributed by atoms with E-state index in [2.05, 4.69) is 4.98 Å². The van der Waals surface area contributed by atoms with Gasteiger partial charge in [-0.25, -0.2) is 0 Å². The molecule has 0 atom stereocenters. The van der Waals surface area contributed by atoms with E-state index in [-0.39, 0.29) is 5.78 Å². The Bertz CT molecular complexity index is 491. The summed E-state index contributed by atoms with van der Waals surface area (Å²) in [5.74, 6) is -0.00181. The van der Waals surface area contributed by atoms with Crippen molar-refractivity contribution < 1.29 is 4.79 Å². The van der Waals surface area contributed by atoms with Gasteiger partial charge in [0.15, 0.2) is 0 Å². The van der Waals surface area contributed by atoms with Gasteiger partial charge in [-0.05, 0) is 24.1 Å². The van der Waals surface area contributed by atoms with E-state index >= 15 is 0 Å². The zero-order valence-electron chi connectivity index (χ0n) is 9.18. The Labute approximate surface area is 95.0 Å². The van der Waals surface area contributed by atoms with Crippen LogP contribution >= 0.6 is 0 Å². The van der Waals surface area contributed by atoms with Crippen LogP contribution < -0.4 is 0 Å². The van der Waals surface area contributed by atoms with Gasteiger partial charge in [-0.1, -0.05) is 37.3 Å². The summed E-state index contributed by atoms with van der Waals surface area (Å²) in [6.45, 7) is 2.05. The lowest BCUT2D eigenvalue weighted by molar-refractivity contribution is 0.103. The summed E-state index contributed by atoms with van der Waals surface area (Å²) in [6.07, 6.45) is 2.50. The Morgan fingerprint density at radius 3 is 2.56 bits per heavy atom. The molecule has 0 bridgehead atoms. The number of hydrogen-bond donors (Lipinski definition) is 0. The summed E-state index contributed by atoms with van der Waals surface area (Å²) in [5, 5.41) is 0. The molecule has 16 heavy (non-hydrogen) atoms. The molecule has 1 heterocycles. The van der Waals surface area contributed by atoms with Gasteiger partial charge in [-0.3, -0.25) is 9.78 Å². The molecule has 1 aromatic heterocycles. The number of nitrogens with zero attached hydrogens (tertiary/aromatic N) is 1. The first-order valence-corrected chi connectivity index (χ1v) is 5.36. The van der Waals surface area contributed by atoms with Gasteiger partial charge >= 0.3 is 0 Å². The van der Waals surface area contributed by atoms with E-state index in [1.807, 2.05) is 43.3 Å². The Hall–Kier alpha value is -1.96. The predicted octanol–water partition coefficient (Wildman–Crippen LogP) is 2.88. The van der Waals surface area contributed by atoms with Crippen LogP contribution in [0.1, 0.15) is 28.5 Å². The monoisotopic (exact) mass is 211 g/mol. The van der Waals surface area contributed by atoms with Gasteiger partial charge in [-0.2, -0.15) is 0 Å².